The Labute approximate surface area is 94.6 Å². The molecule has 0 aliphatic heterocycles. The van der Waals surface area contributed by atoms with E-state index in [4.69, 9.17) is 10.5 Å². The van der Waals surface area contributed by atoms with Gasteiger partial charge in [-0.1, -0.05) is 26.7 Å². The van der Waals surface area contributed by atoms with E-state index in [2.05, 4.69) is 13.8 Å². The number of methoxy groups -OCH3 is 1. The Hall–Kier alpha value is -0.0800. The van der Waals surface area contributed by atoms with Gasteiger partial charge in [-0.25, -0.2) is 0 Å². The summed E-state index contributed by atoms with van der Waals surface area (Å²) in [6, 6.07) is 0.326. The Kier molecular flexibility index (Phi) is 5.07. The molecule has 1 saturated carbocycles. The van der Waals surface area contributed by atoms with Crippen LogP contribution in [0.2, 0.25) is 0 Å². The molecule has 2 N–H and O–H groups in total. The van der Waals surface area contributed by atoms with E-state index in [1.54, 1.807) is 0 Å². The van der Waals surface area contributed by atoms with Gasteiger partial charge in [0, 0.05) is 13.2 Å². The fourth-order valence-electron chi connectivity index (χ4n) is 2.75. The molecule has 2 heteroatoms. The van der Waals surface area contributed by atoms with Gasteiger partial charge in [0.1, 0.15) is 0 Å². The maximum atomic E-state index is 6.20. The summed E-state index contributed by atoms with van der Waals surface area (Å²) in [6.45, 7) is 4.55. The Morgan fingerprint density at radius 2 is 2.07 bits per heavy atom. The van der Waals surface area contributed by atoms with Crippen LogP contribution in [-0.2, 0) is 4.74 Å². The standard InChI is InChI=1S/C13H27NO/c1-4-6-11(2)9-12(14)10-13(15-3)7-5-8-13/h11-12H,4-10,14H2,1-3H3. The number of nitrogens with two attached hydrogens (primary N) is 1. The van der Waals surface area contributed by atoms with Crippen molar-refractivity contribution in [1.82, 2.24) is 0 Å². The maximum Gasteiger partial charge on any atom is 0.0693 e. The summed E-state index contributed by atoms with van der Waals surface area (Å²) in [4.78, 5) is 0. The van der Waals surface area contributed by atoms with E-state index in [0.717, 1.165) is 18.8 Å². The first-order chi connectivity index (χ1) is 7.12. The van der Waals surface area contributed by atoms with E-state index in [1.807, 2.05) is 7.11 Å². The van der Waals surface area contributed by atoms with E-state index in [0.29, 0.717) is 6.04 Å². The fraction of sp³-hybridized carbons (Fsp3) is 1.00. The van der Waals surface area contributed by atoms with E-state index in [-0.39, 0.29) is 5.60 Å². The zero-order valence-electron chi connectivity index (χ0n) is 10.6. The first-order valence-electron chi connectivity index (χ1n) is 6.42. The highest BCUT2D eigenvalue weighted by Gasteiger charge is 2.38. The van der Waals surface area contributed by atoms with Crippen LogP contribution in [0.4, 0.5) is 0 Å². The molecule has 0 bridgehead atoms. The third kappa shape index (κ3) is 3.76. The molecule has 0 radical (unpaired) electrons. The zero-order chi connectivity index (χ0) is 11.3. The molecule has 90 valence electrons. The Morgan fingerprint density at radius 1 is 1.40 bits per heavy atom. The molecule has 2 nitrogen and oxygen atoms in total. The average Bonchev–Trinajstić information content (AvgIpc) is 2.11. The molecule has 2 unspecified atom stereocenters. The number of rotatable bonds is 7. The molecule has 0 heterocycles. The van der Waals surface area contributed by atoms with Gasteiger partial charge in [0.25, 0.3) is 0 Å². The molecular weight excluding hydrogens is 186 g/mol. The van der Waals surface area contributed by atoms with Crippen LogP contribution in [-0.4, -0.2) is 18.8 Å². The lowest BCUT2D eigenvalue weighted by molar-refractivity contribution is -0.0823. The van der Waals surface area contributed by atoms with Crippen molar-refractivity contribution in [2.24, 2.45) is 11.7 Å². The minimum Gasteiger partial charge on any atom is -0.378 e. The highest BCUT2D eigenvalue weighted by Crippen LogP contribution is 2.39. The van der Waals surface area contributed by atoms with Crippen molar-refractivity contribution >= 4 is 0 Å². The third-order valence-electron chi connectivity index (χ3n) is 3.82. The summed E-state index contributed by atoms with van der Waals surface area (Å²) in [6.07, 6.45) is 8.50. The summed E-state index contributed by atoms with van der Waals surface area (Å²) >= 11 is 0. The predicted octanol–water partition coefficient (Wildman–Crippen LogP) is 3.10. The summed E-state index contributed by atoms with van der Waals surface area (Å²) in [5.74, 6) is 0.763. The summed E-state index contributed by atoms with van der Waals surface area (Å²) in [5, 5.41) is 0. The normalized spacial score (nSPS) is 23.2. The predicted molar refractivity (Wildman–Crippen MR) is 64.9 cm³/mol. The van der Waals surface area contributed by atoms with Crippen LogP contribution >= 0.6 is 0 Å². The number of hydrogen-bond acceptors (Lipinski definition) is 2. The van der Waals surface area contributed by atoms with Gasteiger partial charge in [-0.05, 0) is 38.0 Å². The van der Waals surface area contributed by atoms with Crippen LogP contribution < -0.4 is 5.73 Å². The lowest BCUT2D eigenvalue weighted by Crippen LogP contribution is -2.44. The summed E-state index contributed by atoms with van der Waals surface area (Å²) < 4.78 is 5.61. The molecule has 1 aliphatic rings. The van der Waals surface area contributed by atoms with Gasteiger partial charge in [-0.2, -0.15) is 0 Å². The molecule has 0 aromatic heterocycles. The van der Waals surface area contributed by atoms with Crippen molar-refractivity contribution in [3.05, 3.63) is 0 Å². The first-order valence-corrected chi connectivity index (χ1v) is 6.42. The maximum absolute atomic E-state index is 6.20. The van der Waals surface area contributed by atoms with Crippen molar-refractivity contribution < 1.29 is 4.74 Å². The molecule has 0 aromatic rings. The molecule has 0 aromatic carbocycles. The monoisotopic (exact) mass is 213 g/mol. The second-order valence-corrected chi connectivity index (χ2v) is 5.33. The van der Waals surface area contributed by atoms with E-state index in [9.17, 15) is 0 Å². The molecule has 0 spiro atoms. The van der Waals surface area contributed by atoms with Gasteiger partial charge in [0.2, 0.25) is 0 Å². The van der Waals surface area contributed by atoms with E-state index >= 15 is 0 Å². The second kappa shape index (κ2) is 5.86. The third-order valence-corrected chi connectivity index (χ3v) is 3.82. The molecule has 15 heavy (non-hydrogen) atoms. The number of hydrogen-bond donors (Lipinski definition) is 1. The molecular formula is C13H27NO. The first kappa shape index (κ1) is 13.0. The largest absolute Gasteiger partial charge is 0.378 e. The van der Waals surface area contributed by atoms with E-state index < -0.39 is 0 Å². The minimum absolute atomic E-state index is 0.144. The van der Waals surface area contributed by atoms with Crippen LogP contribution in [0.3, 0.4) is 0 Å². The number of ether oxygens (including phenoxy) is 1. The van der Waals surface area contributed by atoms with Crippen molar-refractivity contribution in [2.75, 3.05) is 7.11 Å². The van der Waals surface area contributed by atoms with E-state index in [1.165, 1.54) is 32.1 Å². The van der Waals surface area contributed by atoms with Crippen molar-refractivity contribution in [2.45, 2.75) is 70.4 Å². The highest BCUT2D eigenvalue weighted by atomic mass is 16.5. The highest BCUT2D eigenvalue weighted by molar-refractivity contribution is 4.92. The second-order valence-electron chi connectivity index (χ2n) is 5.33. The zero-order valence-corrected chi connectivity index (χ0v) is 10.6. The van der Waals surface area contributed by atoms with Crippen molar-refractivity contribution in [3.63, 3.8) is 0 Å². The lowest BCUT2D eigenvalue weighted by atomic mass is 9.74. The average molecular weight is 213 g/mol. The van der Waals surface area contributed by atoms with Crippen LogP contribution in [0.25, 0.3) is 0 Å². The van der Waals surface area contributed by atoms with Gasteiger partial charge >= 0.3 is 0 Å². The molecule has 1 fully saturated rings. The lowest BCUT2D eigenvalue weighted by Gasteiger charge is -2.42. The van der Waals surface area contributed by atoms with Crippen LogP contribution in [0.5, 0.6) is 0 Å². The quantitative estimate of drug-likeness (QED) is 0.705. The van der Waals surface area contributed by atoms with Crippen molar-refractivity contribution in [3.8, 4) is 0 Å². The summed E-state index contributed by atoms with van der Waals surface area (Å²) in [5.41, 5.74) is 6.34. The smallest absolute Gasteiger partial charge is 0.0693 e. The topological polar surface area (TPSA) is 35.2 Å². The van der Waals surface area contributed by atoms with Crippen LogP contribution in [0, 0.1) is 5.92 Å². The van der Waals surface area contributed by atoms with Gasteiger partial charge < -0.3 is 10.5 Å². The van der Waals surface area contributed by atoms with Gasteiger partial charge in [0.05, 0.1) is 5.60 Å². The van der Waals surface area contributed by atoms with Gasteiger partial charge in [-0.3, -0.25) is 0 Å². The fourth-order valence-corrected chi connectivity index (χ4v) is 2.75. The van der Waals surface area contributed by atoms with Crippen LogP contribution in [0.15, 0.2) is 0 Å². The van der Waals surface area contributed by atoms with Crippen LogP contribution in [0.1, 0.15) is 58.8 Å². The molecule has 2 atom stereocenters. The minimum atomic E-state index is 0.144. The Bertz CT molecular complexity index is 172. The molecule has 1 aliphatic carbocycles. The van der Waals surface area contributed by atoms with Crippen molar-refractivity contribution in [1.29, 1.82) is 0 Å². The van der Waals surface area contributed by atoms with Gasteiger partial charge in [0.15, 0.2) is 0 Å². The Morgan fingerprint density at radius 3 is 2.47 bits per heavy atom. The van der Waals surface area contributed by atoms with Gasteiger partial charge in [-0.15, -0.1) is 0 Å². The Balaban J connectivity index is 2.25. The molecule has 0 saturated heterocycles. The molecule has 0 amide bonds. The SMILES string of the molecule is CCCC(C)CC(N)CC1(OC)CCC1. The molecule has 1 rings (SSSR count). The summed E-state index contributed by atoms with van der Waals surface area (Å²) in [7, 11) is 1.83.